The van der Waals surface area contributed by atoms with Crippen molar-refractivity contribution in [3.05, 3.63) is 52.6 Å². The highest BCUT2D eigenvalue weighted by atomic mass is 35.5. The van der Waals surface area contributed by atoms with Gasteiger partial charge in [-0.1, -0.05) is 30.2 Å². The van der Waals surface area contributed by atoms with Crippen LogP contribution >= 0.6 is 11.6 Å². The van der Waals surface area contributed by atoms with Gasteiger partial charge in [0.2, 0.25) is 0 Å². The van der Waals surface area contributed by atoms with Crippen LogP contribution in [-0.2, 0) is 6.42 Å². The molecule has 1 aromatic carbocycles. The molecular weight excluding hydrogens is 277 g/mol. The van der Waals surface area contributed by atoms with Gasteiger partial charge in [0, 0.05) is 0 Å². The standard InChI is InChI=1S/C16H15ClFNO/c17-15-9-13(10-5-7-11(18)8-6-10)12-3-1-2-4-14(20)16(12)19-15/h5-9,14,20H,1-4H2. The largest absolute Gasteiger partial charge is 0.387 e. The predicted molar refractivity (Wildman–Crippen MR) is 77.2 cm³/mol. The number of pyridine rings is 1. The zero-order valence-corrected chi connectivity index (χ0v) is 11.7. The van der Waals surface area contributed by atoms with Crippen LogP contribution < -0.4 is 0 Å². The van der Waals surface area contributed by atoms with E-state index in [1.165, 1.54) is 12.1 Å². The van der Waals surface area contributed by atoms with Gasteiger partial charge in [-0.3, -0.25) is 0 Å². The van der Waals surface area contributed by atoms with Gasteiger partial charge in [0.15, 0.2) is 0 Å². The fraction of sp³-hybridized carbons (Fsp3) is 0.312. The summed E-state index contributed by atoms with van der Waals surface area (Å²) in [4.78, 5) is 4.30. The van der Waals surface area contributed by atoms with Crippen molar-refractivity contribution < 1.29 is 9.50 Å². The minimum atomic E-state index is -0.564. The molecule has 1 heterocycles. The fourth-order valence-corrected chi connectivity index (χ4v) is 2.96. The van der Waals surface area contributed by atoms with Gasteiger partial charge in [-0.05, 0) is 54.2 Å². The van der Waals surface area contributed by atoms with E-state index in [0.29, 0.717) is 17.3 Å². The van der Waals surface area contributed by atoms with E-state index >= 15 is 0 Å². The van der Waals surface area contributed by atoms with Crippen molar-refractivity contribution >= 4 is 11.6 Å². The first-order valence-electron chi connectivity index (χ1n) is 6.78. The Morgan fingerprint density at radius 1 is 1.20 bits per heavy atom. The molecule has 0 spiro atoms. The van der Waals surface area contributed by atoms with Crippen LogP contribution in [0.25, 0.3) is 11.1 Å². The van der Waals surface area contributed by atoms with Gasteiger partial charge in [0.25, 0.3) is 0 Å². The van der Waals surface area contributed by atoms with E-state index in [1.54, 1.807) is 18.2 Å². The van der Waals surface area contributed by atoms with Crippen LogP contribution in [-0.4, -0.2) is 10.1 Å². The summed E-state index contributed by atoms with van der Waals surface area (Å²) in [5.41, 5.74) is 3.56. The predicted octanol–water partition coefficient (Wildman–Crippen LogP) is 4.30. The maximum atomic E-state index is 13.1. The second-order valence-corrected chi connectivity index (χ2v) is 5.51. The minimum absolute atomic E-state index is 0.264. The second kappa shape index (κ2) is 5.51. The Hall–Kier alpha value is -1.45. The number of rotatable bonds is 1. The average Bonchev–Trinajstić information content (AvgIpc) is 2.62. The third-order valence-electron chi connectivity index (χ3n) is 3.75. The van der Waals surface area contributed by atoms with E-state index in [-0.39, 0.29) is 5.82 Å². The SMILES string of the molecule is OC1CCCCc2c(-c3ccc(F)cc3)cc(Cl)nc21. The highest BCUT2D eigenvalue weighted by molar-refractivity contribution is 6.29. The molecule has 20 heavy (non-hydrogen) atoms. The monoisotopic (exact) mass is 291 g/mol. The number of hydrogen-bond donors (Lipinski definition) is 1. The second-order valence-electron chi connectivity index (χ2n) is 5.12. The molecule has 0 saturated carbocycles. The first kappa shape index (κ1) is 13.5. The smallest absolute Gasteiger partial charge is 0.130 e. The van der Waals surface area contributed by atoms with Crippen LogP contribution in [0.4, 0.5) is 4.39 Å². The first-order chi connectivity index (χ1) is 9.65. The number of fused-ring (bicyclic) bond motifs is 1. The summed E-state index contributed by atoms with van der Waals surface area (Å²) < 4.78 is 13.1. The average molecular weight is 292 g/mol. The third kappa shape index (κ3) is 2.56. The van der Waals surface area contributed by atoms with Gasteiger partial charge in [-0.2, -0.15) is 0 Å². The number of aromatic nitrogens is 1. The van der Waals surface area contributed by atoms with E-state index in [2.05, 4.69) is 4.98 Å². The topological polar surface area (TPSA) is 33.1 Å². The maximum Gasteiger partial charge on any atom is 0.130 e. The van der Waals surface area contributed by atoms with Gasteiger partial charge in [0.05, 0.1) is 11.8 Å². The molecular formula is C16H15ClFNO. The molecule has 2 nitrogen and oxygen atoms in total. The van der Waals surface area contributed by atoms with Gasteiger partial charge in [-0.25, -0.2) is 9.37 Å². The maximum absolute atomic E-state index is 13.1. The van der Waals surface area contributed by atoms with E-state index in [0.717, 1.165) is 36.0 Å². The zero-order chi connectivity index (χ0) is 14.1. The molecule has 0 radical (unpaired) electrons. The number of aliphatic hydroxyl groups excluding tert-OH is 1. The fourth-order valence-electron chi connectivity index (χ4n) is 2.76. The highest BCUT2D eigenvalue weighted by Crippen LogP contribution is 2.35. The molecule has 0 aliphatic heterocycles. The van der Waals surface area contributed by atoms with E-state index in [4.69, 9.17) is 11.6 Å². The Labute approximate surface area is 122 Å². The van der Waals surface area contributed by atoms with Gasteiger partial charge < -0.3 is 5.11 Å². The van der Waals surface area contributed by atoms with Crippen molar-refractivity contribution in [2.75, 3.05) is 0 Å². The van der Waals surface area contributed by atoms with E-state index in [1.807, 2.05) is 0 Å². The molecule has 104 valence electrons. The lowest BCUT2D eigenvalue weighted by molar-refractivity contribution is 0.162. The Morgan fingerprint density at radius 2 is 1.95 bits per heavy atom. The van der Waals surface area contributed by atoms with Crippen molar-refractivity contribution in [2.45, 2.75) is 31.8 Å². The van der Waals surface area contributed by atoms with Crippen LogP contribution in [0.15, 0.2) is 30.3 Å². The summed E-state index contributed by atoms with van der Waals surface area (Å²) in [7, 11) is 0. The molecule has 0 fully saturated rings. The molecule has 0 amide bonds. The number of aliphatic hydroxyl groups is 1. The molecule has 0 saturated heterocycles. The molecule has 1 N–H and O–H groups in total. The van der Waals surface area contributed by atoms with Gasteiger partial charge >= 0.3 is 0 Å². The Bertz CT molecular complexity index is 627. The van der Waals surface area contributed by atoms with Crippen molar-refractivity contribution in [3.8, 4) is 11.1 Å². The molecule has 0 bridgehead atoms. The number of halogens is 2. The summed E-state index contributed by atoms with van der Waals surface area (Å²) in [6.45, 7) is 0. The first-order valence-corrected chi connectivity index (χ1v) is 7.16. The third-order valence-corrected chi connectivity index (χ3v) is 3.94. The molecule has 1 aliphatic carbocycles. The summed E-state index contributed by atoms with van der Waals surface area (Å²) >= 11 is 6.09. The highest BCUT2D eigenvalue weighted by Gasteiger charge is 2.22. The molecule has 1 aliphatic rings. The lowest BCUT2D eigenvalue weighted by Crippen LogP contribution is -2.04. The molecule has 4 heteroatoms. The quantitative estimate of drug-likeness (QED) is 0.628. The molecule has 1 aromatic heterocycles. The van der Waals surface area contributed by atoms with Crippen molar-refractivity contribution in [1.82, 2.24) is 4.98 Å². The van der Waals surface area contributed by atoms with Gasteiger partial charge in [-0.15, -0.1) is 0 Å². The van der Waals surface area contributed by atoms with Crippen LogP contribution in [0.3, 0.4) is 0 Å². The summed E-state index contributed by atoms with van der Waals surface area (Å²) in [5.74, 6) is -0.264. The summed E-state index contributed by atoms with van der Waals surface area (Å²) in [5, 5.41) is 10.6. The normalized spacial score (nSPS) is 18.4. The van der Waals surface area contributed by atoms with E-state index in [9.17, 15) is 9.50 Å². The lowest BCUT2D eigenvalue weighted by Gasteiger charge is -2.15. The number of hydrogen-bond acceptors (Lipinski definition) is 2. The van der Waals surface area contributed by atoms with E-state index < -0.39 is 6.10 Å². The Morgan fingerprint density at radius 3 is 2.70 bits per heavy atom. The molecule has 1 atom stereocenters. The van der Waals surface area contributed by atoms with Crippen LogP contribution in [0.2, 0.25) is 5.15 Å². The summed E-state index contributed by atoms with van der Waals surface area (Å²) in [6, 6.07) is 8.13. The van der Waals surface area contributed by atoms with Crippen molar-refractivity contribution in [1.29, 1.82) is 0 Å². The zero-order valence-electron chi connectivity index (χ0n) is 10.9. The Balaban J connectivity index is 2.17. The Kier molecular flexibility index (Phi) is 3.72. The number of benzene rings is 1. The summed E-state index contributed by atoms with van der Waals surface area (Å²) in [6.07, 6.45) is 3.00. The molecule has 1 unspecified atom stereocenters. The minimum Gasteiger partial charge on any atom is -0.387 e. The lowest BCUT2D eigenvalue weighted by atomic mass is 9.95. The molecule has 2 aromatic rings. The van der Waals surface area contributed by atoms with Gasteiger partial charge in [0.1, 0.15) is 11.0 Å². The van der Waals surface area contributed by atoms with Crippen molar-refractivity contribution in [2.24, 2.45) is 0 Å². The van der Waals surface area contributed by atoms with Crippen molar-refractivity contribution in [3.63, 3.8) is 0 Å². The van der Waals surface area contributed by atoms with Crippen LogP contribution in [0.1, 0.15) is 36.6 Å². The van der Waals surface area contributed by atoms with Crippen LogP contribution in [0, 0.1) is 5.82 Å². The number of nitrogens with zero attached hydrogens (tertiary/aromatic N) is 1. The van der Waals surface area contributed by atoms with Crippen LogP contribution in [0.5, 0.6) is 0 Å². The molecule has 3 rings (SSSR count).